The molecule has 0 aromatic heterocycles. The fraction of sp³-hybridized carbons (Fsp3) is 1.00. The van der Waals surface area contributed by atoms with Crippen LogP contribution in [0.1, 0.15) is 12.8 Å². The van der Waals surface area contributed by atoms with Gasteiger partial charge in [-0.05, 0) is 12.8 Å². The van der Waals surface area contributed by atoms with Crippen LogP contribution in [-0.4, -0.2) is 35.8 Å². The van der Waals surface area contributed by atoms with E-state index in [1.807, 2.05) is 0 Å². The fourth-order valence-electron chi connectivity index (χ4n) is 0.675. The third-order valence-corrected chi connectivity index (χ3v) is 3.21. The highest BCUT2D eigenvalue weighted by Gasteiger charge is 2.20. The zero-order valence-corrected chi connectivity index (χ0v) is 9.57. The number of halogens is 1. The monoisotopic (exact) mass is 182 g/mol. The van der Waals surface area contributed by atoms with Gasteiger partial charge in [-0.25, -0.2) is 0 Å². The number of ether oxygens (including phenoxy) is 2. The summed E-state index contributed by atoms with van der Waals surface area (Å²) in [6, 6.07) is 0. The van der Waals surface area contributed by atoms with Crippen molar-refractivity contribution in [3.05, 3.63) is 0 Å². The van der Waals surface area contributed by atoms with Crippen LogP contribution in [0.25, 0.3) is 0 Å². The normalized spacial score (nSPS) is 12.3. The van der Waals surface area contributed by atoms with Crippen LogP contribution >= 0.6 is 11.6 Å². The molecule has 0 unspecified atom stereocenters. The minimum atomic E-state index is -0.311. The number of rotatable bonds is 5. The minimum absolute atomic E-state index is 0.311. The van der Waals surface area contributed by atoms with Gasteiger partial charge in [0, 0.05) is 20.1 Å². The molecule has 0 heterocycles. The van der Waals surface area contributed by atoms with E-state index in [0.717, 1.165) is 23.1 Å². The molecule has 10 heavy (non-hydrogen) atoms. The summed E-state index contributed by atoms with van der Waals surface area (Å²) in [7, 11) is 4.22. The second-order valence-corrected chi connectivity index (χ2v) is 4.24. The van der Waals surface area contributed by atoms with Crippen LogP contribution in [0.3, 0.4) is 0 Å². The van der Waals surface area contributed by atoms with Crippen LogP contribution in [0, 0.1) is 0 Å². The van der Waals surface area contributed by atoms with Gasteiger partial charge in [-0.2, -0.15) is 0 Å². The lowest BCUT2D eigenvalue weighted by molar-refractivity contribution is -0.145. The molecule has 0 aliphatic carbocycles. The third kappa shape index (κ3) is 3.56. The molecule has 0 N–H and O–H groups in total. The zero-order valence-electron chi connectivity index (χ0n) is 6.82. The molecule has 62 valence electrons. The Kier molecular flexibility index (Phi) is 5.35. The summed E-state index contributed by atoms with van der Waals surface area (Å²) >= 11 is 5.53. The summed E-state index contributed by atoms with van der Waals surface area (Å²) in [6.07, 6.45) is 1.85. The Morgan fingerprint density at radius 2 is 1.90 bits per heavy atom. The van der Waals surface area contributed by atoms with Crippen molar-refractivity contribution in [2.45, 2.75) is 18.3 Å². The number of methoxy groups -OCH3 is 2. The second-order valence-electron chi connectivity index (χ2n) is 2.33. The zero-order chi connectivity index (χ0) is 8.04. The molecular formula is C6H15ClO2Si. The van der Waals surface area contributed by atoms with Crippen molar-refractivity contribution < 1.29 is 9.47 Å². The maximum Gasteiger partial charge on any atom is 0.140 e. The smallest absolute Gasteiger partial charge is 0.140 e. The summed E-state index contributed by atoms with van der Waals surface area (Å²) in [5.41, 5.74) is -0.311. The third-order valence-electron chi connectivity index (χ3n) is 1.63. The molecule has 0 aromatic rings. The van der Waals surface area contributed by atoms with Crippen LogP contribution in [0.2, 0.25) is 0 Å². The van der Waals surface area contributed by atoms with Gasteiger partial charge in [-0.1, -0.05) is 0 Å². The molecule has 0 spiro atoms. The largest absolute Gasteiger partial charge is 0.358 e. The summed E-state index contributed by atoms with van der Waals surface area (Å²) in [4.78, 5) is 0. The van der Waals surface area contributed by atoms with Gasteiger partial charge in [-0.3, -0.25) is 0 Å². The van der Waals surface area contributed by atoms with Gasteiger partial charge in [0.15, 0.2) is 0 Å². The van der Waals surface area contributed by atoms with Crippen LogP contribution in [0.15, 0.2) is 0 Å². The van der Waals surface area contributed by atoms with Crippen LogP contribution < -0.4 is 0 Å². The molecule has 0 rings (SSSR count). The van der Waals surface area contributed by atoms with Crippen molar-refractivity contribution in [2.75, 3.05) is 20.1 Å². The molecule has 0 aromatic carbocycles. The summed E-state index contributed by atoms with van der Waals surface area (Å²) in [5.74, 6) is 0.677. The Hall–Kier alpha value is 0.427. The Bertz CT molecular complexity index is 85.8. The van der Waals surface area contributed by atoms with Gasteiger partial charge in [0.25, 0.3) is 0 Å². The van der Waals surface area contributed by atoms with E-state index in [0.29, 0.717) is 5.88 Å². The van der Waals surface area contributed by atoms with Gasteiger partial charge < -0.3 is 9.47 Å². The molecule has 0 aliphatic rings. The predicted molar refractivity (Wildman–Crippen MR) is 46.6 cm³/mol. The fourth-order valence-corrected chi connectivity index (χ4v) is 1.16. The standard InChI is InChI=1S/C6H15ClO2Si/c1-8-6(10,9-2)4-3-5-7/h3-5H2,1-2,10H3. The first kappa shape index (κ1) is 10.4. The van der Waals surface area contributed by atoms with Gasteiger partial charge in [0.05, 0.1) is 10.2 Å². The molecular weight excluding hydrogens is 168 g/mol. The molecule has 0 bridgehead atoms. The number of alkyl halides is 1. The van der Waals surface area contributed by atoms with Crippen molar-refractivity contribution in [1.29, 1.82) is 0 Å². The van der Waals surface area contributed by atoms with E-state index in [1.165, 1.54) is 0 Å². The van der Waals surface area contributed by atoms with E-state index >= 15 is 0 Å². The van der Waals surface area contributed by atoms with Gasteiger partial charge in [-0.15, -0.1) is 11.6 Å². The van der Waals surface area contributed by atoms with E-state index in [2.05, 4.69) is 0 Å². The van der Waals surface area contributed by atoms with Gasteiger partial charge in [0.1, 0.15) is 5.41 Å². The van der Waals surface area contributed by atoms with E-state index in [4.69, 9.17) is 21.1 Å². The molecule has 0 saturated carbocycles. The summed E-state index contributed by atoms with van der Waals surface area (Å²) < 4.78 is 10.3. The topological polar surface area (TPSA) is 18.5 Å². The Balaban J connectivity index is 3.58. The molecule has 4 heteroatoms. The lowest BCUT2D eigenvalue weighted by atomic mass is 10.3. The maximum atomic E-state index is 5.53. The van der Waals surface area contributed by atoms with Gasteiger partial charge in [0.2, 0.25) is 0 Å². The second kappa shape index (κ2) is 5.13. The first-order chi connectivity index (χ1) is 4.68. The molecule has 0 atom stereocenters. The van der Waals surface area contributed by atoms with Crippen molar-refractivity contribution >= 4 is 21.8 Å². The first-order valence-corrected chi connectivity index (χ1v) is 4.88. The van der Waals surface area contributed by atoms with Crippen LogP contribution in [0.5, 0.6) is 0 Å². The maximum absolute atomic E-state index is 5.53. The molecule has 0 amide bonds. The highest BCUT2D eigenvalue weighted by molar-refractivity contribution is 6.18. The van der Waals surface area contributed by atoms with Crippen molar-refractivity contribution in [2.24, 2.45) is 0 Å². The SMILES string of the molecule is COC([SiH3])(CCCCl)OC. The number of hydrogen-bond acceptors (Lipinski definition) is 2. The minimum Gasteiger partial charge on any atom is -0.358 e. The van der Waals surface area contributed by atoms with Crippen LogP contribution in [-0.2, 0) is 9.47 Å². The summed E-state index contributed by atoms with van der Waals surface area (Å²) in [5, 5.41) is 0. The van der Waals surface area contributed by atoms with Crippen molar-refractivity contribution in [3.8, 4) is 0 Å². The Morgan fingerprint density at radius 1 is 1.40 bits per heavy atom. The molecule has 0 radical (unpaired) electrons. The van der Waals surface area contributed by atoms with Crippen molar-refractivity contribution in [1.82, 2.24) is 0 Å². The van der Waals surface area contributed by atoms with E-state index < -0.39 is 0 Å². The van der Waals surface area contributed by atoms with Crippen LogP contribution in [0.4, 0.5) is 0 Å². The Labute approximate surface area is 70.3 Å². The molecule has 0 aliphatic heterocycles. The van der Waals surface area contributed by atoms with Crippen molar-refractivity contribution in [3.63, 3.8) is 0 Å². The van der Waals surface area contributed by atoms with Gasteiger partial charge >= 0.3 is 0 Å². The predicted octanol–water partition coefficient (Wildman–Crippen LogP) is 0.317. The lowest BCUT2D eigenvalue weighted by Gasteiger charge is -2.26. The molecule has 0 saturated heterocycles. The summed E-state index contributed by atoms with van der Waals surface area (Å²) in [6.45, 7) is 0. The molecule has 0 fully saturated rings. The Morgan fingerprint density at radius 3 is 2.20 bits per heavy atom. The molecule has 2 nitrogen and oxygen atoms in total. The lowest BCUT2D eigenvalue weighted by Crippen LogP contribution is -2.34. The average molecular weight is 183 g/mol. The highest BCUT2D eigenvalue weighted by Crippen LogP contribution is 2.13. The van der Waals surface area contributed by atoms with E-state index in [-0.39, 0.29) is 5.41 Å². The average Bonchev–Trinajstić information content (AvgIpc) is 2.00. The van der Waals surface area contributed by atoms with E-state index in [1.54, 1.807) is 14.2 Å². The number of hydrogen-bond donors (Lipinski definition) is 0. The quantitative estimate of drug-likeness (QED) is 0.347. The first-order valence-electron chi connectivity index (χ1n) is 3.35. The highest BCUT2D eigenvalue weighted by atomic mass is 35.5. The van der Waals surface area contributed by atoms with E-state index in [9.17, 15) is 0 Å².